The van der Waals surface area contributed by atoms with Crippen LogP contribution < -0.4 is 5.32 Å². The van der Waals surface area contributed by atoms with Crippen LogP contribution in [0.1, 0.15) is 51.4 Å². The second-order valence-corrected chi connectivity index (χ2v) is 6.74. The Morgan fingerprint density at radius 2 is 1.76 bits per heavy atom. The molecular formula is C18H20N2O4S. The van der Waals surface area contributed by atoms with E-state index in [2.05, 4.69) is 10.3 Å². The largest absolute Gasteiger partial charge is 0.450 e. The van der Waals surface area contributed by atoms with E-state index < -0.39 is 12.1 Å². The van der Waals surface area contributed by atoms with Crippen LogP contribution in [0.25, 0.3) is 0 Å². The fraction of sp³-hybridized carbons (Fsp3) is 0.333. The number of esters is 1. The molecular weight excluding hydrogens is 340 g/mol. The van der Waals surface area contributed by atoms with Crippen molar-refractivity contribution in [3.63, 3.8) is 0 Å². The Balaban J connectivity index is 2.10. The first-order valence-corrected chi connectivity index (χ1v) is 8.63. The summed E-state index contributed by atoms with van der Waals surface area (Å²) >= 11 is 1.12. The van der Waals surface area contributed by atoms with Gasteiger partial charge >= 0.3 is 5.97 Å². The number of ketones is 1. The molecule has 1 amide bonds. The summed E-state index contributed by atoms with van der Waals surface area (Å²) in [5.41, 5.74) is 3.56. The number of carbonyl (C=O) groups is 3. The van der Waals surface area contributed by atoms with E-state index in [9.17, 15) is 14.4 Å². The average molecular weight is 360 g/mol. The van der Waals surface area contributed by atoms with Gasteiger partial charge in [-0.1, -0.05) is 6.07 Å². The summed E-state index contributed by atoms with van der Waals surface area (Å²) in [6.45, 7) is 8.66. The van der Waals surface area contributed by atoms with E-state index in [1.165, 1.54) is 19.2 Å². The lowest BCUT2D eigenvalue weighted by molar-refractivity contribution is -0.114. The summed E-state index contributed by atoms with van der Waals surface area (Å²) in [4.78, 5) is 39.7. The van der Waals surface area contributed by atoms with Crippen LogP contribution in [0.4, 0.5) is 5.13 Å². The zero-order chi connectivity index (χ0) is 18.7. The van der Waals surface area contributed by atoms with Gasteiger partial charge in [0, 0.05) is 17.9 Å². The molecule has 0 aliphatic carbocycles. The van der Waals surface area contributed by atoms with E-state index in [1.807, 2.05) is 32.9 Å². The maximum Gasteiger partial charge on any atom is 0.358 e. The fourth-order valence-corrected chi connectivity index (χ4v) is 3.02. The molecule has 1 heterocycles. The van der Waals surface area contributed by atoms with Gasteiger partial charge in [0.15, 0.2) is 16.9 Å². The maximum atomic E-state index is 12.6. The normalized spacial score (nSPS) is 11.7. The third-order valence-electron chi connectivity index (χ3n) is 3.76. The number of nitrogens with zero attached hydrogens (tertiary/aromatic N) is 1. The van der Waals surface area contributed by atoms with Crippen LogP contribution in [-0.4, -0.2) is 28.7 Å². The Morgan fingerprint density at radius 3 is 2.40 bits per heavy atom. The molecule has 0 radical (unpaired) electrons. The molecule has 6 nitrogen and oxygen atoms in total. The number of Topliss-reactive ketones (excluding diaryl/α,β-unsaturated/α-hetero) is 1. The predicted molar refractivity (Wildman–Crippen MR) is 96.3 cm³/mol. The number of benzene rings is 1. The second-order valence-electron chi connectivity index (χ2n) is 5.88. The van der Waals surface area contributed by atoms with E-state index in [-0.39, 0.29) is 17.4 Å². The number of hydrogen-bond donors (Lipinski definition) is 1. The van der Waals surface area contributed by atoms with Gasteiger partial charge in [-0.3, -0.25) is 9.59 Å². The molecule has 0 aliphatic heterocycles. The molecule has 0 spiro atoms. The summed E-state index contributed by atoms with van der Waals surface area (Å²) < 4.78 is 5.24. The molecule has 25 heavy (non-hydrogen) atoms. The summed E-state index contributed by atoms with van der Waals surface area (Å²) in [7, 11) is 0. The number of hydrogen-bond acceptors (Lipinski definition) is 6. The Bertz CT molecular complexity index is 842. The third-order valence-corrected chi connectivity index (χ3v) is 4.51. The number of aryl methyl sites for hydroxylation is 3. The quantitative estimate of drug-likeness (QED) is 0.652. The van der Waals surface area contributed by atoms with E-state index in [0.717, 1.165) is 28.0 Å². The molecule has 2 aromatic rings. The van der Waals surface area contributed by atoms with Crippen LogP contribution in [-0.2, 0) is 9.53 Å². The number of amides is 1. The molecule has 0 fully saturated rings. The van der Waals surface area contributed by atoms with Crippen LogP contribution >= 0.6 is 11.3 Å². The minimum Gasteiger partial charge on any atom is -0.450 e. The Morgan fingerprint density at radius 1 is 1.12 bits per heavy atom. The van der Waals surface area contributed by atoms with Crippen LogP contribution in [0.2, 0.25) is 0 Å². The number of rotatable bonds is 5. The van der Waals surface area contributed by atoms with Crippen LogP contribution in [0.3, 0.4) is 0 Å². The van der Waals surface area contributed by atoms with Crippen molar-refractivity contribution in [2.45, 2.75) is 40.7 Å². The van der Waals surface area contributed by atoms with Gasteiger partial charge in [-0.2, -0.15) is 0 Å². The van der Waals surface area contributed by atoms with Gasteiger partial charge in [0.05, 0.1) is 0 Å². The van der Waals surface area contributed by atoms with Gasteiger partial charge in [0.25, 0.3) is 0 Å². The molecule has 0 saturated carbocycles. The van der Waals surface area contributed by atoms with E-state index in [0.29, 0.717) is 10.7 Å². The van der Waals surface area contributed by atoms with Gasteiger partial charge in [-0.15, -0.1) is 11.3 Å². The first-order valence-electron chi connectivity index (χ1n) is 7.75. The lowest BCUT2D eigenvalue weighted by Crippen LogP contribution is -2.25. The van der Waals surface area contributed by atoms with E-state index in [1.54, 1.807) is 0 Å². The summed E-state index contributed by atoms with van der Waals surface area (Å²) in [5, 5.41) is 4.28. The second kappa shape index (κ2) is 7.57. The highest BCUT2D eigenvalue weighted by molar-refractivity contribution is 7.14. The first-order chi connectivity index (χ1) is 11.7. The Hall–Kier alpha value is -2.54. The highest BCUT2D eigenvalue weighted by atomic mass is 32.1. The first kappa shape index (κ1) is 18.8. The SMILES string of the molecule is CC(=O)Nc1nc(C(=O)OC(C)C(=O)c2cc(C)c(C)cc2C)cs1. The minimum absolute atomic E-state index is 0.0604. The predicted octanol–water partition coefficient (Wildman–Crippen LogP) is 3.45. The van der Waals surface area contributed by atoms with Gasteiger partial charge in [0.1, 0.15) is 0 Å². The molecule has 132 valence electrons. The number of carbonyl (C=O) groups excluding carboxylic acids is 3. The molecule has 1 aromatic heterocycles. The number of thiazole rings is 1. The molecule has 0 aliphatic rings. The highest BCUT2D eigenvalue weighted by Crippen LogP contribution is 2.20. The smallest absolute Gasteiger partial charge is 0.358 e. The van der Waals surface area contributed by atoms with Crippen molar-refractivity contribution in [3.8, 4) is 0 Å². The van der Waals surface area contributed by atoms with Crippen molar-refractivity contribution in [2.75, 3.05) is 5.32 Å². The monoisotopic (exact) mass is 360 g/mol. The summed E-state index contributed by atoms with van der Waals surface area (Å²) in [5.74, 6) is -1.23. The van der Waals surface area contributed by atoms with E-state index in [4.69, 9.17) is 4.74 Å². The highest BCUT2D eigenvalue weighted by Gasteiger charge is 2.23. The minimum atomic E-state index is -0.931. The van der Waals surface area contributed by atoms with E-state index >= 15 is 0 Å². The van der Waals surface area contributed by atoms with Gasteiger partial charge in [-0.05, 0) is 50.5 Å². The number of anilines is 1. The molecule has 1 atom stereocenters. The van der Waals surface area contributed by atoms with Crippen molar-refractivity contribution >= 4 is 34.1 Å². The van der Waals surface area contributed by atoms with Gasteiger partial charge in [-0.25, -0.2) is 9.78 Å². The van der Waals surface area contributed by atoms with Gasteiger partial charge in [0.2, 0.25) is 11.7 Å². The topological polar surface area (TPSA) is 85.4 Å². The molecule has 0 bridgehead atoms. The summed E-state index contributed by atoms with van der Waals surface area (Å²) in [6.07, 6.45) is -0.931. The average Bonchev–Trinajstić information content (AvgIpc) is 2.98. The van der Waals surface area contributed by atoms with Crippen molar-refractivity contribution < 1.29 is 19.1 Å². The van der Waals surface area contributed by atoms with Gasteiger partial charge < -0.3 is 10.1 Å². The zero-order valence-electron chi connectivity index (χ0n) is 14.8. The fourth-order valence-electron chi connectivity index (χ4n) is 2.29. The van der Waals surface area contributed by atoms with Crippen molar-refractivity contribution in [1.82, 2.24) is 4.98 Å². The maximum absolute atomic E-state index is 12.6. The molecule has 2 rings (SSSR count). The standard InChI is InChI=1S/C18H20N2O4S/c1-9-6-11(3)14(7-10(9)2)16(22)12(4)24-17(23)15-8-25-18(20-15)19-13(5)21/h6-8,12H,1-5H3,(H,19,20,21). The Kier molecular flexibility index (Phi) is 5.69. The molecule has 1 aromatic carbocycles. The summed E-state index contributed by atoms with van der Waals surface area (Å²) in [6, 6.07) is 3.76. The van der Waals surface area contributed by atoms with Crippen LogP contribution in [0.5, 0.6) is 0 Å². The molecule has 1 unspecified atom stereocenters. The lowest BCUT2D eigenvalue weighted by atomic mass is 9.96. The van der Waals surface area contributed by atoms with Crippen molar-refractivity contribution in [2.24, 2.45) is 0 Å². The van der Waals surface area contributed by atoms with Crippen molar-refractivity contribution in [3.05, 3.63) is 45.5 Å². The number of ether oxygens (including phenoxy) is 1. The van der Waals surface area contributed by atoms with Crippen LogP contribution in [0.15, 0.2) is 17.5 Å². The lowest BCUT2D eigenvalue weighted by Gasteiger charge is -2.14. The zero-order valence-corrected chi connectivity index (χ0v) is 15.6. The number of aromatic nitrogens is 1. The third kappa shape index (κ3) is 4.51. The Labute approximate surface area is 150 Å². The van der Waals surface area contributed by atoms with Crippen molar-refractivity contribution in [1.29, 1.82) is 0 Å². The molecule has 0 saturated heterocycles. The van der Waals surface area contributed by atoms with Crippen LogP contribution in [0, 0.1) is 20.8 Å². The number of nitrogens with one attached hydrogen (secondary N) is 1. The molecule has 7 heteroatoms. The molecule has 1 N–H and O–H groups in total.